The molecule has 1 aliphatic rings. The molecule has 0 atom stereocenters. The molecule has 36 heavy (non-hydrogen) atoms. The molecule has 0 aliphatic heterocycles. The maximum atomic E-state index is 12.7. The van der Waals surface area contributed by atoms with Crippen LogP contribution in [0.1, 0.15) is 47.2 Å². The SMILES string of the molecule is Cc1ccc(-c2nc3ccc(C(=O)OCC(=O)NC4CCCC4)cc3nc2-c2ccc(C)cc2)cc1. The average Bonchev–Trinajstić information content (AvgIpc) is 3.40. The van der Waals surface area contributed by atoms with Crippen molar-refractivity contribution in [2.45, 2.75) is 45.6 Å². The Morgan fingerprint density at radius 3 is 1.94 bits per heavy atom. The first-order valence-electron chi connectivity index (χ1n) is 12.4. The summed E-state index contributed by atoms with van der Waals surface area (Å²) in [7, 11) is 0. The third-order valence-electron chi connectivity index (χ3n) is 6.60. The molecule has 0 saturated heterocycles. The van der Waals surface area contributed by atoms with Crippen molar-refractivity contribution in [2.24, 2.45) is 0 Å². The van der Waals surface area contributed by atoms with Gasteiger partial charge in [0.25, 0.3) is 5.91 Å². The first kappa shape index (κ1) is 23.7. The van der Waals surface area contributed by atoms with Gasteiger partial charge in [-0.1, -0.05) is 72.5 Å². The van der Waals surface area contributed by atoms with Gasteiger partial charge in [0.05, 0.1) is 28.0 Å². The zero-order valence-corrected chi connectivity index (χ0v) is 20.6. The van der Waals surface area contributed by atoms with Crippen molar-refractivity contribution < 1.29 is 14.3 Å². The highest BCUT2D eigenvalue weighted by molar-refractivity contribution is 5.96. The second kappa shape index (κ2) is 10.3. The van der Waals surface area contributed by atoms with E-state index >= 15 is 0 Å². The fraction of sp³-hybridized carbons (Fsp3) is 0.267. The molecule has 1 amide bonds. The number of hydrogen-bond acceptors (Lipinski definition) is 5. The highest BCUT2D eigenvalue weighted by Crippen LogP contribution is 2.31. The lowest BCUT2D eigenvalue weighted by Gasteiger charge is -2.13. The molecule has 0 spiro atoms. The topological polar surface area (TPSA) is 81.2 Å². The van der Waals surface area contributed by atoms with Crippen LogP contribution in [0.15, 0.2) is 66.7 Å². The molecule has 0 radical (unpaired) electrons. The Hall–Kier alpha value is -4.06. The van der Waals surface area contributed by atoms with E-state index in [1.54, 1.807) is 18.2 Å². The molecule has 6 heteroatoms. The third-order valence-corrected chi connectivity index (χ3v) is 6.60. The van der Waals surface area contributed by atoms with Crippen LogP contribution in [-0.2, 0) is 9.53 Å². The van der Waals surface area contributed by atoms with Crippen LogP contribution in [-0.4, -0.2) is 34.5 Å². The van der Waals surface area contributed by atoms with Crippen molar-refractivity contribution in [3.8, 4) is 22.5 Å². The molecule has 182 valence electrons. The van der Waals surface area contributed by atoms with E-state index in [-0.39, 0.29) is 18.6 Å². The van der Waals surface area contributed by atoms with Crippen molar-refractivity contribution in [3.63, 3.8) is 0 Å². The first-order valence-corrected chi connectivity index (χ1v) is 12.4. The van der Waals surface area contributed by atoms with Crippen LogP contribution in [0, 0.1) is 13.8 Å². The molecule has 4 aromatic rings. The molecule has 1 heterocycles. The number of ether oxygens (including phenoxy) is 1. The first-order chi connectivity index (χ1) is 17.5. The molecular formula is C30H29N3O3. The van der Waals surface area contributed by atoms with Crippen molar-refractivity contribution in [1.82, 2.24) is 15.3 Å². The van der Waals surface area contributed by atoms with Gasteiger partial charge in [0.1, 0.15) is 0 Å². The molecule has 1 fully saturated rings. The Morgan fingerprint density at radius 1 is 0.806 bits per heavy atom. The van der Waals surface area contributed by atoms with Gasteiger partial charge in [0.15, 0.2) is 6.61 Å². The summed E-state index contributed by atoms with van der Waals surface area (Å²) in [6.45, 7) is 3.80. The summed E-state index contributed by atoms with van der Waals surface area (Å²) < 4.78 is 5.28. The number of amides is 1. The standard InChI is InChI=1S/C30H29N3O3/c1-19-7-11-21(12-8-19)28-29(22-13-9-20(2)10-14-22)33-26-17-23(15-16-25(26)32-28)30(35)36-18-27(34)31-24-5-3-4-6-24/h7-17,24H,3-6,18H2,1-2H3,(H,31,34). The molecule has 1 aromatic heterocycles. The largest absolute Gasteiger partial charge is 0.452 e. The van der Waals surface area contributed by atoms with Gasteiger partial charge in [0.2, 0.25) is 0 Å². The monoisotopic (exact) mass is 479 g/mol. The summed E-state index contributed by atoms with van der Waals surface area (Å²) in [4.78, 5) is 34.7. The summed E-state index contributed by atoms with van der Waals surface area (Å²) in [5.41, 5.74) is 7.38. The second-order valence-electron chi connectivity index (χ2n) is 9.48. The van der Waals surface area contributed by atoms with Crippen LogP contribution >= 0.6 is 0 Å². The van der Waals surface area contributed by atoms with Crippen LogP contribution in [0.2, 0.25) is 0 Å². The Bertz CT molecular complexity index is 1410. The van der Waals surface area contributed by atoms with Gasteiger partial charge in [-0.2, -0.15) is 0 Å². The van der Waals surface area contributed by atoms with Crippen molar-refractivity contribution in [2.75, 3.05) is 6.61 Å². The maximum Gasteiger partial charge on any atom is 0.338 e. The molecule has 1 aliphatic carbocycles. The maximum absolute atomic E-state index is 12.7. The highest BCUT2D eigenvalue weighted by atomic mass is 16.5. The summed E-state index contributed by atoms with van der Waals surface area (Å²) in [5.74, 6) is -0.819. The lowest BCUT2D eigenvalue weighted by atomic mass is 10.0. The van der Waals surface area contributed by atoms with Gasteiger partial charge in [0, 0.05) is 17.2 Å². The van der Waals surface area contributed by atoms with Crippen molar-refractivity contribution >= 4 is 22.9 Å². The number of carbonyl (C=O) groups excluding carboxylic acids is 2. The van der Waals surface area contributed by atoms with Gasteiger partial charge in [-0.15, -0.1) is 0 Å². The van der Waals surface area contributed by atoms with E-state index in [0.29, 0.717) is 16.6 Å². The molecule has 1 N–H and O–H groups in total. The Balaban J connectivity index is 1.44. The van der Waals surface area contributed by atoms with Gasteiger partial charge in [-0.3, -0.25) is 4.79 Å². The van der Waals surface area contributed by atoms with Crippen LogP contribution < -0.4 is 5.32 Å². The predicted octanol–water partition coefficient (Wildman–Crippen LogP) is 5.80. The Labute approximate surface area is 210 Å². The number of hydrogen-bond donors (Lipinski definition) is 1. The van der Waals surface area contributed by atoms with E-state index in [1.165, 1.54) is 5.56 Å². The normalized spacial score (nSPS) is 13.6. The highest BCUT2D eigenvalue weighted by Gasteiger charge is 2.19. The summed E-state index contributed by atoms with van der Waals surface area (Å²) >= 11 is 0. The molecular weight excluding hydrogens is 450 g/mol. The van der Waals surface area contributed by atoms with E-state index < -0.39 is 5.97 Å². The van der Waals surface area contributed by atoms with E-state index in [2.05, 4.69) is 24.4 Å². The quantitative estimate of drug-likeness (QED) is 0.354. The number of nitrogens with one attached hydrogen (secondary N) is 1. The van der Waals surface area contributed by atoms with Crippen molar-refractivity contribution in [1.29, 1.82) is 0 Å². The summed E-state index contributed by atoms with van der Waals surface area (Å²) in [5, 5.41) is 2.93. The van der Waals surface area contributed by atoms with Crippen LogP contribution in [0.25, 0.3) is 33.5 Å². The number of rotatable bonds is 6. The minimum atomic E-state index is -0.556. The molecule has 0 bridgehead atoms. The number of aryl methyl sites for hydroxylation is 2. The molecule has 3 aromatic carbocycles. The molecule has 1 saturated carbocycles. The molecule has 6 nitrogen and oxygen atoms in total. The summed E-state index contributed by atoms with van der Waals surface area (Å²) in [6.07, 6.45) is 4.21. The Kier molecular flexibility index (Phi) is 6.76. The van der Waals surface area contributed by atoms with Gasteiger partial charge >= 0.3 is 5.97 Å². The van der Waals surface area contributed by atoms with Gasteiger partial charge in [-0.05, 0) is 44.9 Å². The summed E-state index contributed by atoms with van der Waals surface area (Å²) in [6, 6.07) is 21.7. The van der Waals surface area contributed by atoms with Crippen LogP contribution in [0.5, 0.6) is 0 Å². The van der Waals surface area contributed by atoms with Crippen LogP contribution in [0.4, 0.5) is 0 Å². The zero-order chi connectivity index (χ0) is 25.1. The van der Waals surface area contributed by atoms with Crippen LogP contribution in [0.3, 0.4) is 0 Å². The van der Waals surface area contributed by atoms with E-state index in [9.17, 15) is 9.59 Å². The zero-order valence-electron chi connectivity index (χ0n) is 20.6. The Morgan fingerprint density at radius 2 is 1.36 bits per heavy atom. The molecule has 5 rings (SSSR count). The number of benzene rings is 3. The number of fused-ring (bicyclic) bond motifs is 1. The smallest absolute Gasteiger partial charge is 0.338 e. The second-order valence-corrected chi connectivity index (χ2v) is 9.48. The van der Waals surface area contributed by atoms with Gasteiger partial charge in [-0.25, -0.2) is 14.8 Å². The van der Waals surface area contributed by atoms with E-state index in [0.717, 1.165) is 53.8 Å². The third kappa shape index (κ3) is 5.28. The van der Waals surface area contributed by atoms with Crippen molar-refractivity contribution in [3.05, 3.63) is 83.4 Å². The number of nitrogens with zero attached hydrogens (tertiary/aromatic N) is 2. The average molecular weight is 480 g/mol. The molecule has 0 unspecified atom stereocenters. The van der Waals surface area contributed by atoms with Gasteiger partial charge < -0.3 is 10.1 Å². The minimum absolute atomic E-state index is 0.190. The van der Waals surface area contributed by atoms with E-state index in [1.807, 2.05) is 43.3 Å². The fourth-order valence-electron chi connectivity index (χ4n) is 4.56. The lowest BCUT2D eigenvalue weighted by molar-refractivity contribution is -0.124. The van der Waals surface area contributed by atoms with E-state index in [4.69, 9.17) is 14.7 Å². The fourth-order valence-corrected chi connectivity index (χ4v) is 4.56. The number of esters is 1. The number of aromatic nitrogens is 2. The number of carbonyl (C=O) groups is 2. The minimum Gasteiger partial charge on any atom is -0.452 e. The lowest BCUT2D eigenvalue weighted by Crippen LogP contribution is -2.35. The predicted molar refractivity (Wildman–Crippen MR) is 141 cm³/mol.